The lowest BCUT2D eigenvalue weighted by molar-refractivity contribution is -0.150. The molecule has 0 aromatic rings. The largest absolute Gasteiger partial charge is 0.463 e. The first kappa shape index (κ1) is 32.8. The van der Waals surface area contributed by atoms with E-state index < -0.39 is 18.0 Å². The lowest BCUT2D eigenvalue weighted by Crippen LogP contribution is -2.42. The second-order valence-electron chi connectivity index (χ2n) is 8.35. The average molecular weight is 498 g/mol. The van der Waals surface area contributed by atoms with Crippen molar-refractivity contribution in [2.45, 2.75) is 90.0 Å². The molecule has 0 saturated heterocycles. The van der Waals surface area contributed by atoms with Crippen LogP contribution in [0.15, 0.2) is 25.3 Å². The van der Waals surface area contributed by atoms with E-state index in [1.807, 2.05) is 0 Å². The molecule has 202 valence electrons. The zero-order chi connectivity index (χ0) is 26.0. The molecule has 8 heteroatoms. The number of carbonyl (C=O) groups is 3. The number of esters is 2. The van der Waals surface area contributed by atoms with Crippen molar-refractivity contribution in [2.24, 2.45) is 0 Å². The summed E-state index contributed by atoms with van der Waals surface area (Å²) in [6.45, 7) is 10.7. The van der Waals surface area contributed by atoms with Crippen LogP contribution in [-0.4, -0.2) is 63.5 Å². The van der Waals surface area contributed by atoms with Crippen LogP contribution < -0.4 is 5.32 Å². The molecule has 1 unspecified atom stereocenters. The third kappa shape index (κ3) is 22.0. The number of nitrogens with one attached hydrogen (secondary N) is 1. The lowest BCUT2D eigenvalue weighted by Gasteiger charge is -2.17. The fourth-order valence-corrected chi connectivity index (χ4v) is 3.30. The van der Waals surface area contributed by atoms with Gasteiger partial charge in [0.05, 0.1) is 26.4 Å². The monoisotopic (exact) mass is 497 g/mol. The zero-order valence-corrected chi connectivity index (χ0v) is 21.7. The van der Waals surface area contributed by atoms with Gasteiger partial charge in [-0.1, -0.05) is 70.4 Å². The number of unbranched alkanes of at least 4 members (excludes halogenated alkanes) is 8. The van der Waals surface area contributed by atoms with E-state index in [0.29, 0.717) is 19.6 Å². The van der Waals surface area contributed by atoms with Crippen molar-refractivity contribution >= 4 is 17.8 Å². The Hall–Kier alpha value is -2.19. The fraction of sp³-hybridized carbons (Fsp3) is 0.741. The summed E-state index contributed by atoms with van der Waals surface area (Å²) in [5.41, 5.74) is 0. The van der Waals surface area contributed by atoms with Crippen molar-refractivity contribution in [3.63, 3.8) is 0 Å². The molecule has 1 amide bonds. The summed E-state index contributed by atoms with van der Waals surface area (Å²) in [7, 11) is 0. The van der Waals surface area contributed by atoms with E-state index in [1.165, 1.54) is 38.5 Å². The van der Waals surface area contributed by atoms with Crippen LogP contribution in [0.25, 0.3) is 0 Å². The molecule has 0 radical (unpaired) electrons. The van der Waals surface area contributed by atoms with Gasteiger partial charge in [-0.05, 0) is 12.8 Å². The molecule has 8 nitrogen and oxygen atoms in total. The highest BCUT2D eigenvalue weighted by atomic mass is 16.6. The van der Waals surface area contributed by atoms with Crippen molar-refractivity contribution < 1.29 is 33.3 Å². The summed E-state index contributed by atoms with van der Waals surface area (Å²) < 4.78 is 20.7. The maximum Gasteiger partial charge on any atom is 0.328 e. The zero-order valence-electron chi connectivity index (χ0n) is 21.7. The quantitative estimate of drug-likeness (QED) is 0.111. The molecular formula is C27H47NO7. The number of rotatable bonds is 25. The molecule has 0 rings (SSSR count). The topological polar surface area (TPSA) is 100 Å². The summed E-state index contributed by atoms with van der Waals surface area (Å²) in [5.74, 6) is -1.27. The summed E-state index contributed by atoms with van der Waals surface area (Å²) in [6.07, 6.45) is 14.0. The second kappa shape index (κ2) is 24.9. The highest BCUT2D eigenvalue weighted by Crippen LogP contribution is 2.11. The highest BCUT2D eigenvalue weighted by Gasteiger charge is 2.23. The van der Waals surface area contributed by atoms with Gasteiger partial charge in [0.15, 0.2) is 0 Å². The van der Waals surface area contributed by atoms with E-state index in [0.717, 1.165) is 19.3 Å². The highest BCUT2D eigenvalue weighted by molar-refractivity contribution is 5.85. The maximum atomic E-state index is 12.5. The maximum absolute atomic E-state index is 12.5. The van der Waals surface area contributed by atoms with Crippen LogP contribution in [0.2, 0.25) is 0 Å². The normalized spacial score (nSPS) is 11.5. The van der Waals surface area contributed by atoms with E-state index in [2.05, 4.69) is 25.4 Å². The molecule has 0 aliphatic rings. The Bertz CT molecular complexity index is 580. The van der Waals surface area contributed by atoms with Gasteiger partial charge in [0.2, 0.25) is 5.91 Å². The predicted molar refractivity (Wildman–Crippen MR) is 137 cm³/mol. The van der Waals surface area contributed by atoms with E-state index >= 15 is 0 Å². The molecule has 0 spiro atoms. The number of ether oxygens (including phenoxy) is 4. The SMILES string of the molecule is C=CCOCCOC(=O)CCC(NC(=O)CCCCCCCCCCC)C(=O)OCCOCC=C. The molecule has 0 saturated carbocycles. The summed E-state index contributed by atoms with van der Waals surface area (Å²) >= 11 is 0. The lowest BCUT2D eigenvalue weighted by atomic mass is 10.1. The Kier molecular flexibility index (Phi) is 23.4. The first-order chi connectivity index (χ1) is 17.0. The third-order valence-electron chi connectivity index (χ3n) is 5.20. The minimum atomic E-state index is -0.912. The van der Waals surface area contributed by atoms with E-state index in [9.17, 15) is 14.4 Å². The van der Waals surface area contributed by atoms with Gasteiger partial charge in [0.25, 0.3) is 0 Å². The van der Waals surface area contributed by atoms with Crippen molar-refractivity contribution in [2.75, 3.05) is 39.6 Å². The molecule has 35 heavy (non-hydrogen) atoms. The van der Waals surface area contributed by atoms with Gasteiger partial charge in [-0.25, -0.2) is 4.79 Å². The number of hydrogen-bond donors (Lipinski definition) is 1. The van der Waals surface area contributed by atoms with Crippen molar-refractivity contribution in [1.29, 1.82) is 0 Å². The molecule has 0 aliphatic carbocycles. The van der Waals surface area contributed by atoms with Crippen LogP contribution in [0.1, 0.15) is 84.0 Å². The summed E-state index contributed by atoms with van der Waals surface area (Å²) in [6, 6.07) is -0.912. The van der Waals surface area contributed by atoms with Gasteiger partial charge in [0, 0.05) is 12.8 Å². The number of amides is 1. The summed E-state index contributed by atoms with van der Waals surface area (Å²) in [5, 5.41) is 2.72. The van der Waals surface area contributed by atoms with Crippen LogP contribution in [0.3, 0.4) is 0 Å². The fourth-order valence-electron chi connectivity index (χ4n) is 3.30. The minimum Gasteiger partial charge on any atom is -0.463 e. The first-order valence-corrected chi connectivity index (χ1v) is 13.0. The molecular weight excluding hydrogens is 450 g/mol. The van der Waals surface area contributed by atoms with Gasteiger partial charge in [-0.3, -0.25) is 9.59 Å². The Balaban J connectivity index is 4.35. The van der Waals surface area contributed by atoms with Crippen LogP contribution in [-0.2, 0) is 33.3 Å². The van der Waals surface area contributed by atoms with Crippen LogP contribution in [0, 0.1) is 0 Å². The Morgan fingerprint density at radius 1 is 0.743 bits per heavy atom. The molecule has 0 aromatic carbocycles. The summed E-state index contributed by atoms with van der Waals surface area (Å²) in [4.78, 5) is 36.9. The standard InChI is InChI=1S/C27H47NO7/c1-4-7-8-9-10-11-12-13-14-15-25(29)28-24(27(31)35-23-21-33-19-6-3)16-17-26(30)34-22-20-32-18-5-2/h5-6,24H,2-4,7-23H2,1H3,(H,28,29). The molecule has 1 N–H and O–H groups in total. The van der Waals surface area contributed by atoms with Crippen molar-refractivity contribution in [3.8, 4) is 0 Å². The first-order valence-electron chi connectivity index (χ1n) is 13.0. The van der Waals surface area contributed by atoms with Gasteiger partial charge in [-0.2, -0.15) is 0 Å². The average Bonchev–Trinajstić information content (AvgIpc) is 2.85. The van der Waals surface area contributed by atoms with Crippen molar-refractivity contribution in [1.82, 2.24) is 5.32 Å². The molecule has 0 fully saturated rings. The van der Waals surface area contributed by atoms with E-state index in [4.69, 9.17) is 18.9 Å². The molecule has 1 atom stereocenters. The van der Waals surface area contributed by atoms with Crippen LogP contribution in [0.4, 0.5) is 0 Å². The molecule has 0 aromatic heterocycles. The van der Waals surface area contributed by atoms with Crippen molar-refractivity contribution in [3.05, 3.63) is 25.3 Å². The Morgan fingerprint density at radius 3 is 1.86 bits per heavy atom. The van der Waals surface area contributed by atoms with Crippen LogP contribution >= 0.6 is 0 Å². The molecule has 0 heterocycles. The van der Waals surface area contributed by atoms with E-state index in [-0.39, 0.29) is 45.2 Å². The van der Waals surface area contributed by atoms with Gasteiger partial charge in [-0.15, -0.1) is 13.2 Å². The smallest absolute Gasteiger partial charge is 0.328 e. The number of hydrogen-bond acceptors (Lipinski definition) is 7. The van der Waals surface area contributed by atoms with Gasteiger partial charge in [0.1, 0.15) is 19.3 Å². The molecule has 0 aliphatic heterocycles. The van der Waals surface area contributed by atoms with E-state index in [1.54, 1.807) is 12.2 Å². The Labute approximate surface area is 211 Å². The Morgan fingerprint density at radius 2 is 1.29 bits per heavy atom. The minimum absolute atomic E-state index is 0.0213. The third-order valence-corrected chi connectivity index (χ3v) is 5.20. The van der Waals surface area contributed by atoms with Gasteiger partial charge >= 0.3 is 11.9 Å². The second-order valence-corrected chi connectivity index (χ2v) is 8.35. The number of carbonyl (C=O) groups excluding carboxylic acids is 3. The van der Waals surface area contributed by atoms with Crippen LogP contribution in [0.5, 0.6) is 0 Å². The molecule has 0 bridgehead atoms. The van der Waals surface area contributed by atoms with Gasteiger partial charge < -0.3 is 24.3 Å². The predicted octanol–water partition coefficient (Wildman–Crippen LogP) is 4.66.